The molecule has 0 saturated heterocycles. The van der Waals surface area contributed by atoms with Crippen molar-refractivity contribution >= 4 is 29.0 Å². The number of para-hydroxylation sites is 3. The summed E-state index contributed by atoms with van der Waals surface area (Å²) >= 11 is 0. The van der Waals surface area contributed by atoms with Crippen molar-refractivity contribution in [3.63, 3.8) is 0 Å². The van der Waals surface area contributed by atoms with Gasteiger partial charge in [-0.25, -0.2) is 9.59 Å². The summed E-state index contributed by atoms with van der Waals surface area (Å²) < 4.78 is 0. The van der Waals surface area contributed by atoms with Gasteiger partial charge in [0.2, 0.25) is 0 Å². The number of hydrogen-bond donors (Lipinski definition) is 2. The van der Waals surface area contributed by atoms with Gasteiger partial charge in [0.15, 0.2) is 0 Å². The first kappa shape index (κ1) is 25.9. The molecule has 3 aromatic rings. The summed E-state index contributed by atoms with van der Waals surface area (Å²) in [6.07, 6.45) is 1.67. The predicted molar refractivity (Wildman–Crippen MR) is 131 cm³/mol. The molecule has 0 radical (unpaired) electrons. The van der Waals surface area contributed by atoms with Crippen LogP contribution in [0.3, 0.4) is 0 Å². The van der Waals surface area contributed by atoms with Crippen LogP contribution in [0, 0.1) is 20.8 Å². The van der Waals surface area contributed by atoms with E-state index in [1.54, 1.807) is 0 Å². The molecule has 0 bridgehead atoms. The summed E-state index contributed by atoms with van der Waals surface area (Å²) in [7, 11) is 0. The maximum atomic E-state index is 9.25. The molecule has 0 aliphatic carbocycles. The first-order valence-corrected chi connectivity index (χ1v) is 9.90. The van der Waals surface area contributed by atoms with Gasteiger partial charge in [-0.05, 0) is 55.7 Å². The lowest BCUT2D eigenvalue weighted by Gasteiger charge is -2.29. The second-order valence-corrected chi connectivity index (χ2v) is 6.78. The third-order valence-corrected chi connectivity index (χ3v) is 4.42. The number of aliphatic carboxylic acids is 2. The average molecular weight is 432 g/mol. The van der Waals surface area contributed by atoms with Crippen LogP contribution >= 0.6 is 0 Å². The van der Waals surface area contributed by atoms with Crippen molar-refractivity contribution < 1.29 is 19.8 Å². The smallest absolute Gasteiger partial charge is 0.327 e. The monoisotopic (exact) mass is 431 g/mol. The number of rotatable bonds is 5. The number of anilines is 3. The van der Waals surface area contributed by atoms with Gasteiger partial charge < -0.3 is 15.1 Å². The van der Waals surface area contributed by atoms with Crippen molar-refractivity contribution in [3.8, 4) is 0 Å². The Labute approximate surface area is 189 Å². The van der Waals surface area contributed by atoms with Crippen LogP contribution in [-0.2, 0) is 9.59 Å². The molecule has 0 aliphatic rings. The van der Waals surface area contributed by atoms with Crippen molar-refractivity contribution in [1.29, 1.82) is 0 Å². The lowest BCUT2D eigenvalue weighted by atomic mass is 10.1. The number of hydrogen-bond acceptors (Lipinski definition) is 3. The van der Waals surface area contributed by atoms with Crippen LogP contribution in [0.1, 0.15) is 16.7 Å². The van der Waals surface area contributed by atoms with Crippen molar-refractivity contribution in [2.75, 3.05) is 4.90 Å². The van der Waals surface area contributed by atoms with Gasteiger partial charge in [-0.2, -0.15) is 0 Å². The zero-order valence-corrected chi connectivity index (χ0v) is 18.7. The number of benzene rings is 3. The molecule has 0 heterocycles. The highest BCUT2D eigenvalue weighted by molar-refractivity contribution is 5.81. The highest BCUT2D eigenvalue weighted by Crippen LogP contribution is 2.39. The summed E-state index contributed by atoms with van der Waals surface area (Å²) in [5, 5.41) is 15.2. The fourth-order valence-corrected chi connectivity index (χ4v) is 2.83. The van der Waals surface area contributed by atoms with Gasteiger partial charge in [0, 0.05) is 29.2 Å². The van der Waals surface area contributed by atoms with Crippen LogP contribution in [0.5, 0.6) is 0 Å². The Morgan fingerprint density at radius 1 is 0.625 bits per heavy atom. The Kier molecular flexibility index (Phi) is 10.7. The second-order valence-electron chi connectivity index (χ2n) is 6.78. The molecule has 0 saturated carbocycles. The van der Waals surface area contributed by atoms with E-state index in [-0.39, 0.29) is 0 Å². The molecule has 0 unspecified atom stereocenters. The normalized spacial score (nSPS) is 9.22. The Morgan fingerprint density at radius 3 is 1.03 bits per heavy atom. The lowest BCUT2D eigenvalue weighted by Crippen LogP contribution is -2.13. The molecular weight excluding hydrogens is 402 g/mol. The predicted octanol–water partition coefficient (Wildman–Crippen LogP) is 6.60. The van der Waals surface area contributed by atoms with E-state index >= 15 is 0 Å². The molecule has 0 aliphatic heterocycles. The Hall–Kier alpha value is -4.12. The second kappa shape index (κ2) is 13.2. The quantitative estimate of drug-likeness (QED) is 0.445. The summed E-state index contributed by atoms with van der Waals surface area (Å²) in [6.45, 7) is 12.4. The summed E-state index contributed by atoms with van der Waals surface area (Å²) in [4.78, 5) is 20.9. The molecule has 2 N–H and O–H groups in total. The van der Waals surface area contributed by atoms with Gasteiger partial charge in [0.25, 0.3) is 0 Å². The maximum absolute atomic E-state index is 9.25. The topological polar surface area (TPSA) is 77.8 Å². The van der Waals surface area contributed by atoms with E-state index in [2.05, 4.69) is 112 Å². The largest absolute Gasteiger partial charge is 0.478 e. The summed E-state index contributed by atoms with van der Waals surface area (Å²) in [5.41, 5.74) is 7.50. The van der Waals surface area contributed by atoms with E-state index in [0.29, 0.717) is 0 Å². The first-order valence-electron chi connectivity index (χ1n) is 9.90. The molecule has 5 heteroatoms. The van der Waals surface area contributed by atoms with Gasteiger partial charge in [-0.15, -0.1) is 0 Å². The molecule has 3 aromatic carbocycles. The minimum atomic E-state index is -0.981. The van der Waals surface area contributed by atoms with Crippen molar-refractivity contribution in [2.24, 2.45) is 0 Å². The molecule has 5 nitrogen and oxygen atoms in total. The molecule has 3 rings (SSSR count). The lowest BCUT2D eigenvalue weighted by molar-refractivity contribution is -0.132. The molecule has 0 spiro atoms. The molecule has 166 valence electrons. The van der Waals surface area contributed by atoms with Crippen LogP contribution in [0.15, 0.2) is 98.1 Å². The summed E-state index contributed by atoms with van der Waals surface area (Å²) in [5.74, 6) is -1.96. The van der Waals surface area contributed by atoms with E-state index < -0.39 is 11.9 Å². The van der Waals surface area contributed by atoms with Gasteiger partial charge >= 0.3 is 11.9 Å². The van der Waals surface area contributed by atoms with E-state index in [9.17, 15) is 9.59 Å². The molecule has 0 aromatic heterocycles. The van der Waals surface area contributed by atoms with Gasteiger partial charge in [0.1, 0.15) is 0 Å². The summed E-state index contributed by atoms with van der Waals surface area (Å²) in [6, 6.07) is 25.6. The number of nitrogens with zero attached hydrogens (tertiary/aromatic N) is 1. The molecular formula is C27H29NO4. The fourth-order valence-electron chi connectivity index (χ4n) is 2.83. The van der Waals surface area contributed by atoms with Crippen LogP contribution in [-0.4, -0.2) is 22.2 Å². The van der Waals surface area contributed by atoms with E-state index in [1.807, 2.05) is 0 Å². The van der Waals surface area contributed by atoms with Gasteiger partial charge in [0.05, 0.1) is 0 Å². The highest BCUT2D eigenvalue weighted by Gasteiger charge is 2.16. The molecule has 0 fully saturated rings. The van der Waals surface area contributed by atoms with Crippen molar-refractivity contribution in [2.45, 2.75) is 20.8 Å². The Balaban J connectivity index is 0.000000431. The van der Waals surface area contributed by atoms with Crippen LogP contribution in [0.4, 0.5) is 17.1 Å². The highest BCUT2D eigenvalue weighted by atomic mass is 16.4. The number of carbonyl (C=O) groups is 2. The third kappa shape index (κ3) is 7.95. The van der Waals surface area contributed by atoms with Gasteiger partial charge in [-0.3, -0.25) is 0 Å². The minimum Gasteiger partial charge on any atom is -0.478 e. The average Bonchev–Trinajstić information content (AvgIpc) is 2.78. The Morgan fingerprint density at radius 2 is 0.844 bits per heavy atom. The first-order chi connectivity index (χ1) is 15.2. The number of carboxylic acid groups (broad SMARTS) is 2. The van der Waals surface area contributed by atoms with Crippen molar-refractivity contribution in [1.82, 2.24) is 0 Å². The SMILES string of the molecule is C=CC(=O)O.C=CC(=O)O.Cc1ccccc1N(c1ccccc1C)c1ccccc1C. The van der Waals surface area contributed by atoms with Crippen LogP contribution in [0.25, 0.3) is 0 Å². The Bertz CT molecular complexity index is 946. The molecule has 32 heavy (non-hydrogen) atoms. The maximum Gasteiger partial charge on any atom is 0.327 e. The number of carboxylic acids is 2. The van der Waals surface area contributed by atoms with Gasteiger partial charge in [-0.1, -0.05) is 67.8 Å². The zero-order chi connectivity index (χ0) is 24.1. The third-order valence-electron chi connectivity index (χ3n) is 4.42. The number of aryl methyl sites for hydroxylation is 3. The van der Waals surface area contributed by atoms with Crippen molar-refractivity contribution in [3.05, 3.63) is 115 Å². The molecule has 0 atom stereocenters. The minimum absolute atomic E-state index is 0.833. The van der Waals surface area contributed by atoms with Crippen LogP contribution in [0.2, 0.25) is 0 Å². The van der Waals surface area contributed by atoms with Crippen LogP contribution < -0.4 is 4.90 Å². The van der Waals surface area contributed by atoms with E-state index in [4.69, 9.17) is 10.2 Å². The molecule has 0 amide bonds. The van der Waals surface area contributed by atoms with E-state index in [1.165, 1.54) is 33.8 Å². The fraction of sp³-hybridized carbons (Fsp3) is 0.111. The standard InChI is InChI=1S/C21H21N.2C3H4O2/c1-16-10-4-7-13-19(16)22(20-14-8-5-11-17(20)2)21-15-9-6-12-18(21)3;2*1-2-3(4)5/h4-15H,1-3H3;2*2H,1H2,(H,4,5). The van der Waals surface area contributed by atoms with E-state index in [0.717, 1.165) is 12.2 Å². The zero-order valence-electron chi connectivity index (χ0n) is 18.7.